The zero-order valence-corrected chi connectivity index (χ0v) is 21.4. The Hall–Kier alpha value is -3.36. The molecule has 0 bridgehead atoms. The average Bonchev–Trinajstić information content (AvgIpc) is 2.76. The fraction of sp³-hybridized carbons (Fsp3) is 0.346. The highest BCUT2D eigenvalue weighted by molar-refractivity contribution is 6.30. The molecule has 3 rings (SSSR count). The van der Waals surface area contributed by atoms with E-state index in [0.29, 0.717) is 16.3 Å². The number of nitrogens with one attached hydrogen (secondary N) is 3. The molecule has 0 aliphatic carbocycles. The highest BCUT2D eigenvalue weighted by atomic mass is 35.5. The fourth-order valence-corrected chi connectivity index (χ4v) is 4.35. The first-order chi connectivity index (χ1) is 16.6. The van der Waals surface area contributed by atoms with E-state index in [1.165, 1.54) is 0 Å². The highest BCUT2D eigenvalue weighted by Crippen LogP contribution is 2.29. The maximum Gasteiger partial charge on any atom is 0.338 e. The summed E-state index contributed by atoms with van der Waals surface area (Å²) in [5.41, 5.74) is 5.25. The Kier molecular flexibility index (Phi) is 8.53. The van der Waals surface area contributed by atoms with Crippen molar-refractivity contribution in [3.05, 3.63) is 74.9 Å². The number of esters is 1. The average molecular weight is 499 g/mol. The van der Waals surface area contributed by atoms with Crippen molar-refractivity contribution in [2.75, 3.05) is 32.1 Å². The molecule has 1 aliphatic heterocycles. The Labute approximate surface area is 210 Å². The molecule has 1 unspecified atom stereocenters. The number of nitrogens with zero attached hydrogens (tertiary/aromatic N) is 1. The number of anilines is 1. The van der Waals surface area contributed by atoms with Gasteiger partial charge in [-0.05, 0) is 63.6 Å². The van der Waals surface area contributed by atoms with Crippen molar-refractivity contribution in [1.29, 1.82) is 0 Å². The molecule has 2 aromatic rings. The molecule has 0 radical (unpaired) electrons. The first-order valence-corrected chi connectivity index (χ1v) is 11.8. The summed E-state index contributed by atoms with van der Waals surface area (Å²) >= 11 is 6.01. The van der Waals surface area contributed by atoms with Crippen LogP contribution in [-0.4, -0.2) is 49.6 Å². The molecule has 0 saturated heterocycles. The molecule has 2 aromatic carbocycles. The quantitative estimate of drug-likeness (QED) is 0.477. The van der Waals surface area contributed by atoms with Crippen LogP contribution in [0.25, 0.3) is 0 Å². The van der Waals surface area contributed by atoms with E-state index in [2.05, 4.69) is 16.0 Å². The second-order valence-corrected chi connectivity index (χ2v) is 9.13. The van der Waals surface area contributed by atoms with E-state index in [1.807, 2.05) is 32.9 Å². The normalized spacial score (nSPS) is 15.5. The van der Waals surface area contributed by atoms with Crippen molar-refractivity contribution in [1.82, 2.24) is 15.5 Å². The molecule has 1 atom stereocenters. The van der Waals surface area contributed by atoms with Gasteiger partial charge >= 0.3 is 12.0 Å². The van der Waals surface area contributed by atoms with Gasteiger partial charge < -0.3 is 20.7 Å². The van der Waals surface area contributed by atoms with Crippen LogP contribution in [0.1, 0.15) is 35.2 Å². The summed E-state index contributed by atoms with van der Waals surface area (Å²) in [6, 6.07) is 9.76. The molecule has 0 saturated carbocycles. The minimum atomic E-state index is -0.713. The number of amides is 3. The maximum atomic E-state index is 12.9. The first kappa shape index (κ1) is 26.2. The van der Waals surface area contributed by atoms with Gasteiger partial charge in [0.25, 0.3) is 0 Å². The van der Waals surface area contributed by atoms with Crippen molar-refractivity contribution in [2.24, 2.45) is 0 Å². The van der Waals surface area contributed by atoms with Crippen LogP contribution in [-0.2, 0) is 14.3 Å². The van der Waals surface area contributed by atoms with Crippen molar-refractivity contribution >= 4 is 35.2 Å². The number of hydrogen-bond acceptors (Lipinski definition) is 5. The molecular formula is C26H31ClN4O4. The van der Waals surface area contributed by atoms with Gasteiger partial charge in [0.15, 0.2) is 0 Å². The Balaban J connectivity index is 1.83. The van der Waals surface area contributed by atoms with Crippen LogP contribution in [0.2, 0.25) is 5.02 Å². The SMILES string of the molecule is CCOC(=O)C1=C(CN(C)CC(=O)Nc2c(C)cc(C)cc2C)NC(=O)NC1c1ccc(Cl)cc1. The Morgan fingerprint density at radius 3 is 2.34 bits per heavy atom. The standard InChI is InChI=1S/C26H31ClN4O4/c1-6-35-25(33)22-20(28-26(34)30-24(22)18-7-9-19(27)10-8-18)13-31(5)14-21(32)29-23-16(3)11-15(2)12-17(23)4/h7-12,24H,6,13-14H2,1-5H3,(H,29,32)(H2,28,30,34). The van der Waals surface area contributed by atoms with Crippen LogP contribution in [0.5, 0.6) is 0 Å². The lowest BCUT2D eigenvalue weighted by Crippen LogP contribution is -2.48. The van der Waals surface area contributed by atoms with E-state index >= 15 is 0 Å². The molecule has 3 amide bonds. The van der Waals surface area contributed by atoms with Crippen molar-refractivity contribution in [3.8, 4) is 0 Å². The summed E-state index contributed by atoms with van der Waals surface area (Å²) in [5.74, 6) is -0.742. The van der Waals surface area contributed by atoms with Gasteiger partial charge in [-0.25, -0.2) is 9.59 Å². The second kappa shape index (κ2) is 11.4. The molecule has 1 heterocycles. The van der Waals surface area contributed by atoms with Crippen LogP contribution in [0.15, 0.2) is 47.7 Å². The molecule has 186 valence electrons. The molecule has 1 aliphatic rings. The van der Waals surface area contributed by atoms with Gasteiger partial charge in [0, 0.05) is 23.0 Å². The van der Waals surface area contributed by atoms with Crippen molar-refractivity contribution < 1.29 is 19.1 Å². The summed E-state index contributed by atoms with van der Waals surface area (Å²) in [7, 11) is 1.75. The molecule has 0 fully saturated rings. The smallest absolute Gasteiger partial charge is 0.338 e. The zero-order chi connectivity index (χ0) is 25.7. The van der Waals surface area contributed by atoms with Crippen LogP contribution in [0.4, 0.5) is 10.5 Å². The van der Waals surface area contributed by atoms with Gasteiger partial charge in [-0.1, -0.05) is 41.4 Å². The van der Waals surface area contributed by atoms with Crippen LogP contribution >= 0.6 is 11.6 Å². The van der Waals surface area contributed by atoms with Crippen LogP contribution in [0.3, 0.4) is 0 Å². The largest absolute Gasteiger partial charge is 0.463 e. The summed E-state index contributed by atoms with van der Waals surface area (Å²) in [6.07, 6.45) is 0. The Morgan fingerprint density at radius 1 is 1.11 bits per heavy atom. The monoisotopic (exact) mass is 498 g/mol. The number of aryl methyl sites for hydroxylation is 3. The number of rotatable bonds is 8. The topological polar surface area (TPSA) is 99.8 Å². The van der Waals surface area contributed by atoms with Crippen molar-refractivity contribution in [3.63, 3.8) is 0 Å². The second-order valence-electron chi connectivity index (χ2n) is 8.69. The third kappa shape index (κ3) is 6.61. The molecule has 8 nitrogen and oxygen atoms in total. The minimum absolute atomic E-state index is 0.0568. The van der Waals surface area contributed by atoms with Gasteiger partial charge in [0.05, 0.1) is 24.8 Å². The Bertz CT molecular complexity index is 1140. The Morgan fingerprint density at radius 2 is 1.74 bits per heavy atom. The predicted molar refractivity (Wildman–Crippen MR) is 136 cm³/mol. The predicted octanol–water partition coefficient (Wildman–Crippen LogP) is 4.01. The van der Waals surface area contributed by atoms with Crippen LogP contribution < -0.4 is 16.0 Å². The summed E-state index contributed by atoms with van der Waals surface area (Å²) in [6.45, 7) is 8.04. The third-order valence-corrected chi connectivity index (χ3v) is 5.89. The number of likely N-dealkylation sites (N-methyl/N-ethyl adjacent to an activating group) is 1. The number of benzene rings is 2. The number of halogens is 1. The first-order valence-electron chi connectivity index (χ1n) is 11.4. The van der Waals surface area contributed by atoms with Crippen molar-refractivity contribution in [2.45, 2.75) is 33.7 Å². The number of hydrogen-bond donors (Lipinski definition) is 3. The lowest BCUT2D eigenvalue weighted by Gasteiger charge is -2.31. The molecule has 9 heteroatoms. The molecule has 0 spiro atoms. The molecule has 0 aromatic heterocycles. The van der Waals surface area contributed by atoms with Gasteiger partial charge in [0.1, 0.15) is 0 Å². The van der Waals surface area contributed by atoms with Gasteiger partial charge in [-0.3, -0.25) is 9.69 Å². The van der Waals surface area contributed by atoms with E-state index in [1.54, 1.807) is 43.1 Å². The zero-order valence-electron chi connectivity index (χ0n) is 20.6. The van der Waals surface area contributed by atoms with Crippen LogP contribution in [0, 0.1) is 20.8 Å². The summed E-state index contributed by atoms with van der Waals surface area (Å²) < 4.78 is 5.29. The molecular weight excluding hydrogens is 468 g/mol. The summed E-state index contributed by atoms with van der Waals surface area (Å²) in [4.78, 5) is 39.9. The van der Waals surface area contributed by atoms with E-state index in [9.17, 15) is 14.4 Å². The van der Waals surface area contributed by atoms with E-state index in [-0.39, 0.29) is 31.2 Å². The number of urea groups is 1. The molecule has 3 N–H and O–H groups in total. The van der Waals surface area contributed by atoms with Gasteiger partial charge in [-0.2, -0.15) is 0 Å². The van der Waals surface area contributed by atoms with Gasteiger partial charge in [-0.15, -0.1) is 0 Å². The lowest BCUT2D eigenvalue weighted by molar-refractivity contribution is -0.139. The van der Waals surface area contributed by atoms with Gasteiger partial charge in [0.2, 0.25) is 5.91 Å². The molecule has 35 heavy (non-hydrogen) atoms. The summed E-state index contributed by atoms with van der Waals surface area (Å²) in [5, 5.41) is 9.03. The fourth-order valence-electron chi connectivity index (χ4n) is 4.22. The van der Waals surface area contributed by atoms with E-state index in [4.69, 9.17) is 16.3 Å². The van der Waals surface area contributed by atoms with E-state index < -0.39 is 18.0 Å². The maximum absolute atomic E-state index is 12.9. The number of carbonyl (C=O) groups is 3. The van der Waals surface area contributed by atoms with E-state index in [0.717, 1.165) is 22.4 Å². The highest BCUT2D eigenvalue weighted by Gasteiger charge is 2.34. The number of carbonyl (C=O) groups excluding carboxylic acids is 3. The lowest BCUT2D eigenvalue weighted by atomic mass is 9.95. The minimum Gasteiger partial charge on any atom is -0.463 e. The number of ether oxygens (including phenoxy) is 1. The third-order valence-electron chi connectivity index (χ3n) is 5.64.